The Morgan fingerprint density at radius 3 is 3.00 bits per heavy atom. The summed E-state index contributed by atoms with van der Waals surface area (Å²) in [5, 5.41) is 9.82. The maximum Gasteiger partial charge on any atom is 0.290 e. The van der Waals surface area contributed by atoms with Gasteiger partial charge in [0, 0.05) is 42.7 Å². The first-order chi connectivity index (χ1) is 13.2. The molecule has 0 bridgehead atoms. The van der Waals surface area contributed by atoms with Gasteiger partial charge in [0.2, 0.25) is 0 Å². The Hall–Kier alpha value is -2.67. The first-order valence-corrected chi connectivity index (χ1v) is 9.42. The summed E-state index contributed by atoms with van der Waals surface area (Å²) in [4.78, 5) is 27.6. The van der Waals surface area contributed by atoms with Crippen LogP contribution in [0.25, 0.3) is 5.69 Å². The minimum absolute atomic E-state index is 0.0367. The van der Waals surface area contributed by atoms with Crippen molar-refractivity contribution < 1.29 is 14.7 Å². The van der Waals surface area contributed by atoms with Crippen molar-refractivity contribution in [3.8, 4) is 5.69 Å². The van der Waals surface area contributed by atoms with E-state index in [1.54, 1.807) is 0 Å². The second-order valence-corrected chi connectivity index (χ2v) is 6.84. The Morgan fingerprint density at radius 1 is 1.41 bits per heavy atom. The van der Waals surface area contributed by atoms with Crippen LogP contribution >= 0.6 is 0 Å². The molecule has 4 rings (SSSR count). The third-order valence-electron chi connectivity index (χ3n) is 5.28. The average Bonchev–Trinajstić information content (AvgIpc) is 3.19. The molecule has 2 aromatic rings. The van der Waals surface area contributed by atoms with Crippen LogP contribution in [0.4, 0.5) is 0 Å². The Kier molecular flexibility index (Phi) is 6.24. The number of nitrogens with one attached hydrogen (secondary N) is 1. The second-order valence-electron chi connectivity index (χ2n) is 6.84. The van der Waals surface area contributed by atoms with Crippen molar-refractivity contribution in [3.63, 3.8) is 0 Å². The van der Waals surface area contributed by atoms with Crippen LogP contribution in [-0.4, -0.2) is 58.1 Å². The number of rotatable bonds is 3. The number of imidazole rings is 1. The molecule has 1 fully saturated rings. The first kappa shape index (κ1) is 19.1. The highest BCUT2D eigenvalue weighted by molar-refractivity contribution is 5.97. The van der Waals surface area contributed by atoms with Gasteiger partial charge in [-0.1, -0.05) is 13.0 Å². The monoisotopic (exact) mass is 370 g/mol. The van der Waals surface area contributed by atoms with Crippen LogP contribution in [0.3, 0.4) is 0 Å². The quantitative estimate of drug-likeness (QED) is 0.808. The van der Waals surface area contributed by atoms with Crippen LogP contribution in [0.15, 0.2) is 30.6 Å². The van der Waals surface area contributed by atoms with Gasteiger partial charge in [0.05, 0.1) is 0 Å². The summed E-state index contributed by atoms with van der Waals surface area (Å²) in [5.74, 6) is 1.61. The van der Waals surface area contributed by atoms with Crippen molar-refractivity contribution in [3.05, 3.63) is 47.5 Å². The van der Waals surface area contributed by atoms with Crippen LogP contribution in [0.2, 0.25) is 0 Å². The third-order valence-corrected chi connectivity index (χ3v) is 5.28. The molecule has 7 heteroatoms. The molecular weight excluding hydrogens is 344 g/mol. The lowest BCUT2D eigenvalue weighted by atomic mass is 9.96. The van der Waals surface area contributed by atoms with Gasteiger partial charge in [-0.15, -0.1) is 0 Å². The highest BCUT2D eigenvalue weighted by atomic mass is 16.3. The van der Waals surface area contributed by atoms with E-state index in [-0.39, 0.29) is 12.4 Å². The molecule has 0 saturated carbocycles. The summed E-state index contributed by atoms with van der Waals surface area (Å²) in [6.45, 7) is 6.05. The van der Waals surface area contributed by atoms with Crippen molar-refractivity contribution in [1.82, 2.24) is 19.8 Å². The Bertz CT molecular complexity index is 802. The number of amides is 1. The number of likely N-dealkylation sites (tertiary alicyclic amines) is 1. The normalized spacial score (nSPS) is 19.4. The van der Waals surface area contributed by atoms with Crippen molar-refractivity contribution in [2.45, 2.75) is 32.1 Å². The number of carbonyl (C=O) groups excluding carboxylic acids is 1. The van der Waals surface area contributed by atoms with Crippen LogP contribution < -0.4 is 5.32 Å². The zero-order valence-electron chi connectivity index (χ0n) is 15.6. The molecule has 1 unspecified atom stereocenters. The standard InChI is InChI=1S/C19H24N4O.CH2O2/c1-2-22-10-3-4-15(13-22)18-20-9-11-23(18)16-6-5-14-7-8-21-19(24)17(14)12-16;2-1-3/h5-6,9,11-12,15H,2-4,7-8,10,13H2,1H3,(H,21,24);1H,(H,2,3). The zero-order valence-corrected chi connectivity index (χ0v) is 15.6. The summed E-state index contributed by atoms with van der Waals surface area (Å²) in [6, 6.07) is 6.21. The molecule has 1 aromatic carbocycles. The van der Waals surface area contributed by atoms with E-state index in [1.165, 1.54) is 19.4 Å². The Labute approximate surface area is 159 Å². The molecule has 2 aliphatic rings. The molecule has 0 spiro atoms. The lowest BCUT2D eigenvalue weighted by molar-refractivity contribution is -0.122. The summed E-state index contributed by atoms with van der Waals surface area (Å²) >= 11 is 0. The molecular formula is C20H26N4O3. The molecule has 1 atom stereocenters. The first-order valence-electron chi connectivity index (χ1n) is 9.42. The average molecular weight is 370 g/mol. The van der Waals surface area contributed by atoms with Gasteiger partial charge in [-0.05, 0) is 50.0 Å². The van der Waals surface area contributed by atoms with Crippen LogP contribution in [0.1, 0.15) is 47.4 Å². The minimum atomic E-state index is -0.250. The predicted molar refractivity (Wildman–Crippen MR) is 102 cm³/mol. The van der Waals surface area contributed by atoms with Gasteiger partial charge in [-0.25, -0.2) is 4.98 Å². The van der Waals surface area contributed by atoms with Gasteiger partial charge in [0.1, 0.15) is 5.82 Å². The lowest BCUT2D eigenvalue weighted by Crippen LogP contribution is -2.35. The molecule has 1 saturated heterocycles. The molecule has 7 nitrogen and oxygen atoms in total. The topological polar surface area (TPSA) is 87.5 Å². The fourth-order valence-corrected chi connectivity index (χ4v) is 3.94. The Balaban J connectivity index is 0.000000659. The highest BCUT2D eigenvalue weighted by Crippen LogP contribution is 2.28. The number of benzene rings is 1. The zero-order chi connectivity index (χ0) is 19.2. The molecule has 0 aliphatic carbocycles. The molecule has 1 amide bonds. The van der Waals surface area contributed by atoms with E-state index in [0.717, 1.165) is 48.7 Å². The maximum atomic E-state index is 12.1. The number of carbonyl (C=O) groups is 2. The van der Waals surface area contributed by atoms with Crippen LogP contribution in [-0.2, 0) is 11.2 Å². The van der Waals surface area contributed by atoms with Crippen molar-refractivity contribution in [2.24, 2.45) is 0 Å². The fraction of sp³-hybridized carbons (Fsp3) is 0.450. The van der Waals surface area contributed by atoms with E-state index in [9.17, 15) is 4.79 Å². The van der Waals surface area contributed by atoms with Crippen LogP contribution in [0.5, 0.6) is 0 Å². The van der Waals surface area contributed by atoms with E-state index in [4.69, 9.17) is 9.90 Å². The van der Waals surface area contributed by atoms with Crippen molar-refractivity contribution in [2.75, 3.05) is 26.2 Å². The molecule has 144 valence electrons. The van der Waals surface area contributed by atoms with Gasteiger partial charge in [0.25, 0.3) is 12.4 Å². The van der Waals surface area contributed by atoms with E-state index in [0.29, 0.717) is 5.92 Å². The van der Waals surface area contributed by atoms with Gasteiger partial charge >= 0.3 is 0 Å². The SMILES string of the molecule is CCN1CCCC(c2nccn2-c2ccc3c(c2)C(=O)NCC3)C1.O=CO. The number of nitrogens with zero attached hydrogens (tertiary/aromatic N) is 3. The molecule has 27 heavy (non-hydrogen) atoms. The van der Waals surface area contributed by atoms with Gasteiger partial charge in [0.15, 0.2) is 0 Å². The summed E-state index contributed by atoms with van der Waals surface area (Å²) < 4.78 is 2.16. The van der Waals surface area contributed by atoms with E-state index in [2.05, 4.69) is 38.8 Å². The Morgan fingerprint density at radius 2 is 2.22 bits per heavy atom. The molecule has 2 N–H and O–H groups in total. The van der Waals surface area contributed by atoms with Gasteiger partial charge in [-0.2, -0.15) is 0 Å². The van der Waals surface area contributed by atoms with E-state index in [1.807, 2.05) is 18.5 Å². The number of aromatic nitrogens is 2. The smallest absolute Gasteiger partial charge is 0.290 e. The van der Waals surface area contributed by atoms with Gasteiger partial charge < -0.3 is 19.9 Å². The number of likely N-dealkylation sites (N-methyl/N-ethyl adjacent to an activating group) is 1. The fourth-order valence-electron chi connectivity index (χ4n) is 3.94. The highest BCUT2D eigenvalue weighted by Gasteiger charge is 2.25. The molecule has 3 heterocycles. The predicted octanol–water partition coefficient (Wildman–Crippen LogP) is 2.06. The third kappa shape index (κ3) is 4.19. The largest absolute Gasteiger partial charge is 0.483 e. The number of piperidine rings is 1. The second kappa shape index (κ2) is 8.81. The molecule has 2 aliphatic heterocycles. The number of carboxylic acid groups (broad SMARTS) is 1. The van der Waals surface area contributed by atoms with E-state index < -0.39 is 0 Å². The van der Waals surface area contributed by atoms with E-state index >= 15 is 0 Å². The van der Waals surface area contributed by atoms with Crippen molar-refractivity contribution >= 4 is 12.4 Å². The maximum absolute atomic E-state index is 12.1. The molecule has 0 radical (unpaired) electrons. The summed E-state index contributed by atoms with van der Waals surface area (Å²) in [6.07, 6.45) is 7.20. The summed E-state index contributed by atoms with van der Waals surface area (Å²) in [7, 11) is 0. The lowest BCUT2D eigenvalue weighted by Gasteiger charge is -2.31. The number of hydrogen-bond acceptors (Lipinski definition) is 4. The minimum Gasteiger partial charge on any atom is -0.483 e. The van der Waals surface area contributed by atoms with Crippen LogP contribution in [0, 0.1) is 0 Å². The summed E-state index contributed by atoms with van der Waals surface area (Å²) in [5.41, 5.74) is 2.98. The number of hydrogen-bond donors (Lipinski definition) is 2. The van der Waals surface area contributed by atoms with Gasteiger partial charge in [-0.3, -0.25) is 9.59 Å². The number of fused-ring (bicyclic) bond motifs is 1. The molecule has 1 aromatic heterocycles. The van der Waals surface area contributed by atoms with Crippen molar-refractivity contribution in [1.29, 1.82) is 0 Å².